The number of aromatic nitrogens is 2. The minimum absolute atomic E-state index is 0.100. The van der Waals surface area contributed by atoms with Crippen molar-refractivity contribution >= 4 is 17.5 Å². The van der Waals surface area contributed by atoms with E-state index in [1.54, 1.807) is 12.1 Å². The number of nitrogens with zero attached hydrogens (tertiary/aromatic N) is 2. The summed E-state index contributed by atoms with van der Waals surface area (Å²) in [6.07, 6.45) is 0. The average molecular weight is 194 g/mol. The van der Waals surface area contributed by atoms with E-state index < -0.39 is 5.41 Å². The third-order valence-electron chi connectivity index (χ3n) is 1.61. The Balaban J connectivity index is 2.71. The summed E-state index contributed by atoms with van der Waals surface area (Å²) in [4.78, 5) is 11.5. The summed E-state index contributed by atoms with van der Waals surface area (Å²) in [7, 11) is 0. The summed E-state index contributed by atoms with van der Waals surface area (Å²) in [6, 6.07) is 3.21. The molecule has 1 amide bonds. The van der Waals surface area contributed by atoms with E-state index in [-0.39, 0.29) is 5.91 Å². The molecule has 14 heavy (non-hydrogen) atoms. The first-order chi connectivity index (χ1) is 6.39. The molecule has 1 heterocycles. The fourth-order valence-electron chi connectivity index (χ4n) is 0.713. The van der Waals surface area contributed by atoms with Crippen LogP contribution in [0.2, 0.25) is 0 Å². The van der Waals surface area contributed by atoms with Crippen LogP contribution in [-0.2, 0) is 4.79 Å². The second-order valence-electron chi connectivity index (χ2n) is 4.05. The number of amides is 1. The van der Waals surface area contributed by atoms with Crippen molar-refractivity contribution in [3.8, 4) is 0 Å². The molecule has 1 aromatic heterocycles. The molecule has 0 spiro atoms. The molecule has 0 aliphatic carbocycles. The normalized spacial score (nSPS) is 11.1. The molecular formula is C9H14N4O. The van der Waals surface area contributed by atoms with Crippen molar-refractivity contribution in [1.82, 2.24) is 10.2 Å². The van der Waals surface area contributed by atoms with Crippen LogP contribution in [0, 0.1) is 5.41 Å². The number of anilines is 2. The molecule has 0 fully saturated rings. The Kier molecular flexibility index (Phi) is 2.69. The number of hydrogen-bond acceptors (Lipinski definition) is 4. The topological polar surface area (TPSA) is 80.9 Å². The zero-order valence-corrected chi connectivity index (χ0v) is 8.53. The number of nitrogens with two attached hydrogens (primary N) is 1. The van der Waals surface area contributed by atoms with E-state index >= 15 is 0 Å². The Bertz CT molecular complexity index is 326. The molecule has 76 valence electrons. The van der Waals surface area contributed by atoms with Gasteiger partial charge < -0.3 is 11.1 Å². The van der Waals surface area contributed by atoms with Crippen LogP contribution in [0.1, 0.15) is 20.8 Å². The molecule has 0 aliphatic rings. The number of carbonyl (C=O) groups is 1. The number of nitrogens with one attached hydrogen (secondary N) is 1. The van der Waals surface area contributed by atoms with Crippen molar-refractivity contribution in [3.63, 3.8) is 0 Å². The number of hydrogen-bond donors (Lipinski definition) is 2. The van der Waals surface area contributed by atoms with E-state index in [2.05, 4.69) is 15.5 Å². The fourth-order valence-corrected chi connectivity index (χ4v) is 0.713. The molecule has 0 saturated carbocycles. The lowest BCUT2D eigenvalue weighted by Gasteiger charge is -2.16. The third-order valence-corrected chi connectivity index (χ3v) is 1.61. The fraction of sp³-hybridized carbons (Fsp3) is 0.444. The van der Waals surface area contributed by atoms with Crippen molar-refractivity contribution in [2.45, 2.75) is 20.8 Å². The molecule has 1 aromatic rings. The number of nitrogen functional groups attached to an aromatic ring is 1. The van der Waals surface area contributed by atoms with Crippen molar-refractivity contribution in [2.24, 2.45) is 5.41 Å². The number of rotatable bonds is 1. The monoisotopic (exact) mass is 194 g/mol. The quantitative estimate of drug-likeness (QED) is 0.700. The average Bonchev–Trinajstić information content (AvgIpc) is 2.07. The largest absolute Gasteiger partial charge is 0.382 e. The highest BCUT2D eigenvalue weighted by molar-refractivity contribution is 5.93. The maximum Gasteiger partial charge on any atom is 0.230 e. The van der Waals surface area contributed by atoms with E-state index in [4.69, 9.17) is 5.73 Å². The Labute approximate surface area is 82.7 Å². The van der Waals surface area contributed by atoms with Crippen molar-refractivity contribution < 1.29 is 4.79 Å². The molecule has 0 aliphatic heterocycles. The lowest BCUT2D eigenvalue weighted by Crippen LogP contribution is -2.28. The van der Waals surface area contributed by atoms with Gasteiger partial charge in [-0.15, -0.1) is 10.2 Å². The van der Waals surface area contributed by atoms with Crippen LogP contribution in [0.3, 0.4) is 0 Å². The van der Waals surface area contributed by atoms with Gasteiger partial charge in [-0.05, 0) is 12.1 Å². The zero-order chi connectivity index (χ0) is 10.8. The van der Waals surface area contributed by atoms with Gasteiger partial charge in [-0.25, -0.2) is 0 Å². The molecule has 0 unspecified atom stereocenters. The summed E-state index contributed by atoms with van der Waals surface area (Å²) in [5, 5.41) is 9.99. The Hall–Kier alpha value is -1.65. The molecule has 0 radical (unpaired) electrons. The van der Waals surface area contributed by atoms with Gasteiger partial charge in [-0.3, -0.25) is 4.79 Å². The van der Waals surface area contributed by atoms with Crippen LogP contribution in [-0.4, -0.2) is 16.1 Å². The van der Waals surface area contributed by atoms with E-state index in [1.807, 2.05) is 20.8 Å². The summed E-state index contributed by atoms with van der Waals surface area (Å²) in [6.45, 7) is 5.48. The van der Waals surface area contributed by atoms with Gasteiger partial charge in [0.05, 0.1) is 0 Å². The van der Waals surface area contributed by atoms with E-state index in [0.717, 1.165) is 0 Å². The van der Waals surface area contributed by atoms with Crippen molar-refractivity contribution in [3.05, 3.63) is 12.1 Å². The summed E-state index contributed by atoms with van der Waals surface area (Å²) < 4.78 is 0. The first-order valence-electron chi connectivity index (χ1n) is 4.30. The van der Waals surface area contributed by atoms with Gasteiger partial charge in [-0.2, -0.15) is 0 Å². The highest BCUT2D eigenvalue weighted by Gasteiger charge is 2.21. The third kappa shape index (κ3) is 2.69. The Morgan fingerprint density at radius 3 is 2.43 bits per heavy atom. The van der Waals surface area contributed by atoms with Crippen LogP contribution in [0.25, 0.3) is 0 Å². The molecule has 5 heteroatoms. The van der Waals surface area contributed by atoms with Crippen LogP contribution < -0.4 is 11.1 Å². The second kappa shape index (κ2) is 3.61. The molecule has 0 bridgehead atoms. The van der Waals surface area contributed by atoms with Crippen LogP contribution in [0.4, 0.5) is 11.6 Å². The van der Waals surface area contributed by atoms with E-state index in [1.165, 1.54) is 0 Å². The van der Waals surface area contributed by atoms with Crippen LogP contribution >= 0.6 is 0 Å². The minimum atomic E-state index is -0.441. The minimum Gasteiger partial charge on any atom is -0.382 e. The molecule has 0 atom stereocenters. The lowest BCUT2D eigenvalue weighted by molar-refractivity contribution is -0.123. The van der Waals surface area contributed by atoms with E-state index in [9.17, 15) is 4.79 Å². The predicted octanol–water partition coefficient (Wildman–Crippen LogP) is 1.04. The standard InChI is InChI=1S/C9H14N4O/c1-9(2,3)8(14)11-7-5-4-6(10)12-13-7/h4-5H,1-3H3,(H2,10,12)(H,11,13,14). The molecular weight excluding hydrogens is 180 g/mol. The van der Waals surface area contributed by atoms with E-state index in [0.29, 0.717) is 11.6 Å². The maximum absolute atomic E-state index is 11.5. The Morgan fingerprint density at radius 1 is 1.36 bits per heavy atom. The molecule has 3 N–H and O–H groups in total. The smallest absolute Gasteiger partial charge is 0.230 e. The van der Waals surface area contributed by atoms with Gasteiger partial charge in [0.1, 0.15) is 5.82 Å². The van der Waals surface area contributed by atoms with Crippen LogP contribution in [0.15, 0.2) is 12.1 Å². The molecule has 0 saturated heterocycles. The zero-order valence-electron chi connectivity index (χ0n) is 8.53. The molecule has 0 aromatic carbocycles. The van der Waals surface area contributed by atoms with Gasteiger partial charge >= 0.3 is 0 Å². The summed E-state index contributed by atoms with van der Waals surface area (Å²) >= 11 is 0. The Morgan fingerprint density at radius 2 is 2.00 bits per heavy atom. The highest BCUT2D eigenvalue weighted by atomic mass is 16.2. The van der Waals surface area contributed by atoms with Gasteiger partial charge in [-0.1, -0.05) is 20.8 Å². The SMILES string of the molecule is CC(C)(C)C(=O)Nc1ccc(N)nn1. The maximum atomic E-state index is 11.5. The summed E-state index contributed by atoms with van der Waals surface area (Å²) in [5.74, 6) is 0.648. The van der Waals surface area contributed by atoms with Crippen LogP contribution in [0.5, 0.6) is 0 Å². The lowest BCUT2D eigenvalue weighted by atomic mass is 9.96. The number of carbonyl (C=O) groups excluding carboxylic acids is 1. The van der Waals surface area contributed by atoms with Crippen molar-refractivity contribution in [2.75, 3.05) is 11.1 Å². The van der Waals surface area contributed by atoms with Crippen molar-refractivity contribution in [1.29, 1.82) is 0 Å². The summed E-state index contributed by atoms with van der Waals surface area (Å²) in [5.41, 5.74) is 4.92. The highest BCUT2D eigenvalue weighted by Crippen LogP contribution is 2.15. The van der Waals surface area contributed by atoms with Gasteiger partial charge in [0.2, 0.25) is 5.91 Å². The second-order valence-corrected chi connectivity index (χ2v) is 4.05. The first-order valence-corrected chi connectivity index (χ1v) is 4.30. The molecule has 5 nitrogen and oxygen atoms in total. The van der Waals surface area contributed by atoms with Gasteiger partial charge in [0.25, 0.3) is 0 Å². The predicted molar refractivity (Wildman–Crippen MR) is 54.5 cm³/mol. The first kappa shape index (κ1) is 10.4. The molecule has 1 rings (SSSR count). The van der Waals surface area contributed by atoms with Gasteiger partial charge in [0.15, 0.2) is 5.82 Å². The van der Waals surface area contributed by atoms with Gasteiger partial charge in [0, 0.05) is 5.41 Å².